The fraction of sp³-hybridized carbons (Fsp3) is 0.273. The largest absolute Gasteiger partial charge is 0.340 e. The number of benzene rings is 2. The number of fused-ring (bicyclic) bond motifs is 2. The van der Waals surface area contributed by atoms with Gasteiger partial charge in [0.25, 0.3) is 0 Å². The predicted octanol–water partition coefficient (Wildman–Crippen LogP) is 3.41. The van der Waals surface area contributed by atoms with Gasteiger partial charge in [0.1, 0.15) is 6.54 Å². The van der Waals surface area contributed by atoms with Gasteiger partial charge in [0.2, 0.25) is 11.3 Å². The fourth-order valence-electron chi connectivity index (χ4n) is 3.98. The summed E-state index contributed by atoms with van der Waals surface area (Å²) in [6, 6.07) is 15.4. The Morgan fingerprint density at radius 1 is 1.14 bits per heavy atom. The number of carbonyl (C=O) groups is 1. The minimum Gasteiger partial charge on any atom is -0.340 e. The summed E-state index contributed by atoms with van der Waals surface area (Å²) in [6.45, 7) is 1.56. The topological polar surface area (TPSA) is 68.1 Å². The van der Waals surface area contributed by atoms with Crippen molar-refractivity contribution in [1.29, 1.82) is 0 Å². The number of hydrogen-bond acceptors (Lipinski definition) is 5. The fourth-order valence-corrected chi connectivity index (χ4v) is 5.08. The molecule has 1 aliphatic heterocycles. The number of para-hydroxylation sites is 2. The van der Waals surface area contributed by atoms with Crippen molar-refractivity contribution >= 4 is 38.4 Å². The smallest absolute Gasteiger partial charge is 0.244 e. The van der Waals surface area contributed by atoms with Crippen LogP contribution in [0.3, 0.4) is 0 Å². The maximum absolute atomic E-state index is 13.0. The van der Waals surface area contributed by atoms with Gasteiger partial charge in [-0.2, -0.15) is 5.10 Å². The molecule has 0 unspecified atom stereocenters. The van der Waals surface area contributed by atoms with Crippen molar-refractivity contribution < 1.29 is 4.79 Å². The Hall–Kier alpha value is -3.06. The van der Waals surface area contributed by atoms with Crippen molar-refractivity contribution in [2.75, 3.05) is 13.1 Å². The first-order valence-electron chi connectivity index (χ1n) is 9.77. The van der Waals surface area contributed by atoms with Crippen LogP contribution in [0.2, 0.25) is 0 Å². The van der Waals surface area contributed by atoms with Crippen LogP contribution in [-0.2, 0) is 11.3 Å². The Kier molecular flexibility index (Phi) is 4.60. The lowest BCUT2D eigenvalue weighted by atomic mass is 9.98. The van der Waals surface area contributed by atoms with Crippen LogP contribution < -0.4 is 5.43 Å². The molecular formula is C22H20N4O2S. The van der Waals surface area contributed by atoms with Crippen molar-refractivity contribution in [3.8, 4) is 0 Å². The van der Waals surface area contributed by atoms with E-state index in [-0.39, 0.29) is 23.8 Å². The first-order chi connectivity index (χ1) is 14.2. The lowest BCUT2D eigenvalue weighted by molar-refractivity contribution is -0.133. The summed E-state index contributed by atoms with van der Waals surface area (Å²) in [7, 11) is 0. The lowest BCUT2D eigenvalue weighted by Crippen LogP contribution is -2.41. The van der Waals surface area contributed by atoms with Crippen LogP contribution >= 0.6 is 11.3 Å². The van der Waals surface area contributed by atoms with E-state index in [0.717, 1.165) is 29.9 Å². The summed E-state index contributed by atoms with van der Waals surface area (Å²) in [5.41, 5.74) is 1.59. The van der Waals surface area contributed by atoms with Gasteiger partial charge < -0.3 is 4.90 Å². The van der Waals surface area contributed by atoms with E-state index in [2.05, 4.69) is 11.2 Å². The number of carbonyl (C=O) groups excluding carboxylic acids is 1. The van der Waals surface area contributed by atoms with E-state index in [0.29, 0.717) is 17.4 Å². The third-order valence-corrected chi connectivity index (χ3v) is 6.68. The summed E-state index contributed by atoms with van der Waals surface area (Å²) < 4.78 is 2.82. The lowest BCUT2D eigenvalue weighted by Gasteiger charge is -2.32. The second-order valence-electron chi connectivity index (χ2n) is 7.38. The second kappa shape index (κ2) is 7.40. The Morgan fingerprint density at radius 2 is 1.97 bits per heavy atom. The molecule has 1 atom stereocenters. The van der Waals surface area contributed by atoms with Crippen LogP contribution in [0.25, 0.3) is 21.1 Å². The highest BCUT2D eigenvalue weighted by molar-refractivity contribution is 7.18. The van der Waals surface area contributed by atoms with E-state index in [1.54, 1.807) is 22.1 Å². The predicted molar refractivity (Wildman–Crippen MR) is 114 cm³/mol. The summed E-state index contributed by atoms with van der Waals surface area (Å²) >= 11 is 1.72. The van der Waals surface area contributed by atoms with E-state index < -0.39 is 0 Å². The molecule has 7 heteroatoms. The molecule has 6 nitrogen and oxygen atoms in total. The number of amides is 1. The minimum atomic E-state index is -0.127. The molecular weight excluding hydrogens is 384 g/mol. The average Bonchev–Trinajstić information content (AvgIpc) is 3.20. The number of likely N-dealkylation sites (tertiary alicyclic amines) is 1. The number of rotatable bonds is 3. The van der Waals surface area contributed by atoms with Crippen LogP contribution in [0, 0.1) is 0 Å². The van der Waals surface area contributed by atoms with Gasteiger partial charge in [-0.25, -0.2) is 4.98 Å². The normalized spacial score (nSPS) is 17.1. The Morgan fingerprint density at radius 3 is 2.86 bits per heavy atom. The van der Waals surface area contributed by atoms with Gasteiger partial charge in [-0.05, 0) is 37.1 Å². The van der Waals surface area contributed by atoms with Gasteiger partial charge in [-0.1, -0.05) is 24.3 Å². The van der Waals surface area contributed by atoms with E-state index in [9.17, 15) is 9.59 Å². The van der Waals surface area contributed by atoms with Crippen molar-refractivity contribution in [2.24, 2.45) is 0 Å². The summed E-state index contributed by atoms with van der Waals surface area (Å²) in [5.74, 6) is 0.293. The number of piperidine rings is 1. The number of aromatic nitrogens is 3. The minimum absolute atomic E-state index is 0.0251. The van der Waals surface area contributed by atoms with E-state index >= 15 is 0 Å². The molecule has 4 aromatic rings. The quantitative estimate of drug-likeness (QED) is 0.525. The van der Waals surface area contributed by atoms with E-state index in [4.69, 9.17) is 4.98 Å². The molecule has 1 saturated heterocycles. The van der Waals surface area contributed by atoms with Crippen LogP contribution in [0.1, 0.15) is 23.8 Å². The molecule has 1 fully saturated rings. The number of hydrogen-bond donors (Lipinski definition) is 0. The van der Waals surface area contributed by atoms with Gasteiger partial charge in [0, 0.05) is 24.4 Å². The molecule has 29 heavy (non-hydrogen) atoms. The molecule has 1 aliphatic rings. The maximum Gasteiger partial charge on any atom is 0.244 e. The monoisotopic (exact) mass is 404 g/mol. The molecule has 0 bridgehead atoms. The zero-order valence-electron chi connectivity index (χ0n) is 15.8. The Balaban J connectivity index is 1.36. The van der Waals surface area contributed by atoms with Crippen LogP contribution in [0.5, 0.6) is 0 Å². The van der Waals surface area contributed by atoms with Gasteiger partial charge in [0.15, 0.2) is 0 Å². The van der Waals surface area contributed by atoms with Gasteiger partial charge >= 0.3 is 0 Å². The average molecular weight is 404 g/mol. The first-order valence-corrected chi connectivity index (χ1v) is 10.6. The number of thiazole rings is 1. The zero-order chi connectivity index (χ0) is 19.8. The molecule has 1 amide bonds. The van der Waals surface area contributed by atoms with Gasteiger partial charge in [-0.15, -0.1) is 11.3 Å². The molecule has 0 saturated carbocycles. The molecule has 0 spiro atoms. The van der Waals surface area contributed by atoms with Gasteiger partial charge in [0.05, 0.1) is 26.9 Å². The molecule has 2 aromatic heterocycles. The molecule has 0 aliphatic carbocycles. The summed E-state index contributed by atoms with van der Waals surface area (Å²) in [4.78, 5) is 31.7. The second-order valence-corrected chi connectivity index (χ2v) is 8.44. The van der Waals surface area contributed by atoms with Crippen LogP contribution in [0.4, 0.5) is 0 Å². The van der Waals surface area contributed by atoms with Gasteiger partial charge in [-0.3, -0.25) is 14.3 Å². The third kappa shape index (κ3) is 3.42. The molecule has 0 radical (unpaired) electrons. The van der Waals surface area contributed by atoms with Crippen LogP contribution in [0.15, 0.2) is 59.5 Å². The molecule has 146 valence electrons. The van der Waals surface area contributed by atoms with Crippen molar-refractivity contribution in [3.63, 3.8) is 0 Å². The van der Waals surface area contributed by atoms with Crippen molar-refractivity contribution in [3.05, 3.63) is 70.0 Å². The molecule has 5 rings (SSSR count). The summed E-state index contributed by atoms with van der Waals surface area (Å²) in [6.07, 6.45) is 3.29. The molecule has 2 aromatic carbocycles. The summed E-state index contributed by atoms with van der Waals surface area (Å²) in [5, 5.41) is 5.89. The standard InChI is InChI=1S/C22H20N4O2S/c27-19-12-23-26(18-9-3-1-7-16(18)19)14-21(28)25-11-5-6-15(13-25)22-24-17-8-2-4-10-20(17)29-22/h1-4,7-10,12,15H,5-6,11,13-14H2/t15-/m1/s1. The van der Waals surface area contributed by atoms with E-state index in [1.807, 2.05) is 41.3 Å². The molecule has 3 heterocycles. The highest BCUT2D eigenvalue weighted by Crippen LogP contribution is 2.33. The third-order valence-electron chi connectivity index (χ3n) is 5.48. The Labute approximate surface area is 171 Å². The highest BCUT2D eigenvalue weighted by atomic mass is 32.1. The van der Waals surface area contributed by atoms with Crippen LogP contribution in [-0.4, -0.2) is 38.7 Å². The SMILES string of the molecule is O=C(Cn1ncc(=O)c2ccccc21)N1CCC[C@@H](c2nc3ccccc3s2)C1. The zero-order valence-corrected chi connectivity index (χ0v) is 16.6. The highest BCUT2D eigenvalue weighted by Gasteiger charge is 2.27. The van der Waals surface area contributed by atoms with Crippen molar-refractivity contribution in [1.82, 2.24) is 19.7 Å². The first kappa shape index (κ1) is 18.0. The van der Waals surface area contributed by atoms with Crippen molar-refractivity contribution in [2.45, 2.75) is 25.3 Å². The Bertz CT molecular complexity index is 1230. The molecule has 0 N–H and O–H groups in total. The number of nitrogens with zero attached hydrogens (tertiary/aromatic N) is 4. The van der Waals surface area contributed by atoms with E-state index in [1.165, 1.54) is 10.9 Å². The maximum atomic E-state index is 13.0.